The van der Waals surface area contributed by atoms with Crippen molar-refractivity contribution in [3.63, 3.8) is 0 Å². The second kappa shape index (κ2) is 53.5. The van der Waals surface area contributed by atoms with Crippen LogP contribution >= 0.6 is 0 Å². The van der Waals surface area contributed by atoms with Gasteiger partial charge in [0, 0.05) is 19.3 Å². The van der Waals surface area contributed by atoms with Crippen LogP contribution in [0.3, 0.4) is 0 Å². The van der Waals surface area contributed by atoms with Gasteiger partial charge in [-0.1, -0.05) is 263 Å². The summed E-state index contributed by atoms with van der Waals surface area (Å²) in [6.07, 6.45) is 61.6. The van der Waals surface area contributed by atoms with E-state index in [0.29, 0.717) is 19.3 Å². The van der Waals surface area contributed by atoms with Crippen LogP contribution in [0.2, 0.25) is 0 Å². The zero-order valence-corrected chi connectivity index (χ0v) is 43.1. The van der Waals surface area contributed by atoms with Crippen molar-refractivity contribution in [2.75, 3.05) is 13.2 Å². The summed E-state index contributed by atoms with van der Waals surface area (Å²) in [5.74, 6) is -0.853. The normalized spacial score (nSPS) is 12.1. The third-order valence-electron chi connectivity index (χ3n) is 12.7. The molecule has 0 aromatic heterocycles. The van der Waals surface area contributed by atoms with Gasteiger partial charge in [0.1, 0.15) is 13.2 Å². The first-order chi connectivity index (χ1) is 31.5. The first kappa shape index (κ1) is 61.9. The quantitative estimate of drug-likeness (QED) is 0.0262. The summed E-state index contributed by atoms with van der Waals surface area (Å²) in [4.78, 5) is 38.0. The maximum Gasteiger partial charge on any atom is 0.306 e. The number of carbonyl (C=O) groups is 3. The van der Waals surface area contributed by atoms with Gasteiger partial charge in [0.25, 0.3) is 0 Å². The standard InChI is InChI=1S/C58H108O6/c1-4-7-10-13-16-19-22-25-26-27-28-29-30-31-32-34-36-39-42-45-48-51-57(60)63-54-55(53-62-56(59)50-47-44-41-38-35-24-21-18-15-12-9-6-3)64-58(61)52-49-46-43-40-37-33-23-20-17-14-11-8-5-2/h22,25,27-28,55H,4-21,23-24,26,29-54H2,1-3H3/b25-22-,28-27-. The van der Waals surface area contributed by atoms with Gasteiger partial charge in [-0.25, -0.2) is 0 Å². The summed E-state index contributed by atoms with van der Waals surface area (Å²) >= 11 is 0. The molecule has 0 aromatic carbocycles. The monoisotopic (exact) mass is 901 g/mol. The Morgan fingerprint density at radius 3 is 0.859 bits per heavy atom. The van der Waals surface area contributed by atoms with E-state index in [0.717, 1.165) is 64.2 Å². The lowest BCUT2D eigenvalue weighted by Crippen LogP contribution is -2.30. The molecule has 0 radical (unpaired) electrons. The molecule has 0 bridgehead atoms. The summed E-state index contributed by atoms with van der Waals surface area (Å²) < 4.78 is 16.8. The number of hydrogen-bond donors (Lipinski definition) is 0. The Bertz CT molecular complexity index is 1040. The molecular weight excluding hydrogens is 793 g/mol. The summed E-state index contributed by atoms with van der Waals surface area (Å²) in [6, 6.07) is 0. The molecule has 0 rings (SSSR count). The van der Waals surface area contributed by atoms with E-state index in [-0.39, 0.29) is 31.1 Å². The van der Waals surface area contributed by atoms with Crippen molar-refractivity contribution in [2.45, 2.75) is 316 Å². The van der Waals surface area contributed by atoms with Gasteiger partial charge in [0.15, 0.2) is 6.10 Å². The first-order valence-corrected chi connectivity index (χ1v) is 28.3. The van der Waals surface area contributed by atoms with E-state index in [1.807, 2.05) is 0 Å². The number of carbonyl (C=O) groups excluding carboxylic acids is 3. The molecule has 0 fully saturated rings. The number of allylic oxidation sites excluding steroid dienone is 4. The van der Waals surface area contributed by atoms with Crippen LogP contribution in [0.4, 0.5) is 0 Å². The van der Waals surface area contributed by atoms with Crippen LogP contribution in [0.15, 0.2) is 24.3 Å². The van der Waals surface area contributed by atoms with Gasteiger partial charge >= 0.3 is 17.9 Å². The Kier molecular flexibility index (Phi) is 51.7. The maximum absolute atomic E-state index is 12.8. The molecule has 0 aliphatic rings. The third kappa shape index (κ3) is 50.9. The largest absolute Gasteiger partial charge is 0.462 e. The number of unbranched alkanes of at least 4 members (excludes halogenated alkanes) is 37. The lowest BCUT2D eigenvalue weighted by atomic mass is 10.0. The van der Waals surface area contributed by atoms with Crippen molar-refractivity contribution >= 4 is 17.9 Å². The Labute approximate surface area is 398 Å². The zero-order chi connectivity index (χ0) is 46.5. The van der Waals surface area contributed by atoms with Gasteiger partial charge in [-0.05, 0) is 51.4 Å². The molecule has 0 aliphatic heterocycles. The Morgan fingerprint density at radius 2 is 0.562 bits per heavy atom. The van der Waals surface area contributed by atoms with E-state index in [1.54, 1.807) is 0 Å². The molecule has 0 aliphatic carbocycles. The summed E-state index contributed by atoms with van der Waals surface area (Å²) in [5, 5.41) is 0. The molecule has 64 heavy (non-hydrogen) atoms. The van der Waals surface area contributed by atoms with Gasteiger partial charge in [0.05, 0.1) is 0 Å². The lowest BCUT2D eigenvalue weighted by Gasteiger charge is -2.18. The van der Waals surface area contributed by atoms with Crippen LogP contribution in [-0.4, -0.2) is 37.2 Å². The molecule has 0 heterocycles. The van der Waals surface area contributed by atoms with Crippen LogP contribution in [0.1, 0.15) is 310 Å². The highest BCUT2D eigenvalue weighted by Gasteiger charge is 2.19. The summed E-state index contributed by atoms with van der Waals surface area (Å²) in [7, 11) is 0. The molecule has 6 heteroatoms. The predicted molar refractivity (Wildman–Crippen MR) is 275 cm³/mol. The smallest absolute Gasteiger partial charge is 0.306 e. The van der Waals surface area contributed by atoms with Gasteiger partial charge in [0.2, 0.25) is 0 Å². The first-order valence-electron chi connectivity index (χ1n) is 28.3. The third-order valence-corrected chi connectivity index (χ3v) is 12.7. The fourth-order valence-electron chi connectivity index (χ4n) is 8.42. The van der Waals surface area contributed by atoms with E-state index >= 15 is 0 Å². The fraction of sp³-hybridized carbons (Fsp3) is 0.879. The van der Waals surface area contributed by atoms with Crippen molar-refractivity contribution in [3.8, 4) is 0 Å². The molecule has 0 saturated heterocycles. The second-order valence-electron chi connectivity index (χ2n) is 19.2. The molecule has 1 unspecified atom stereocenters. The minimum Gasteiger partial charge on any atom is -0.462 e. The maximum atomic E-state index is 12.8. The highest BCUT2D eigenvalue weighted by Crippen LogP contribution is 2.16. The second-order valence-corrected chi connectivity index (χ2v) is 19.2. The van der Waals surface area contributed by atoms with Crippen molar-refractivity contribution in [1.29, 1.82) is 0 Å². The lowest BCUT2D eigenvalue weighted by molar-refractivity contribution is -0.167. The van der Waals surface area contributed by atoms with E-state index in [2.05, 4.69) is 45.1 Å². The van der Waals surface area contributed by atoms with E-state index in [9.17, 15) is 14.4 Å². The molecule has 1 atom stereocenters. The number of hydrogen-bond acceptors (Lipinski definition) is 6. The predicted octanol–water partition coefficient (Wildman–Crippen LogP) is 18.7. The molecule has 0 amide bonds. The van der Waals surface area contributed by atoms with Gasteiger partial charge < -0.3 is 14.2 Å². The minimum absolute atomic E-state index is 0.0671. The highest BCUT2D eigenvalue weighted by atomic mass is 16.6. The molecule has 6 nitrogen and oxygen atoms in total. The van der Waals surface area contributed by atoms with Crippen molar-refractivity contribution in [1.82, 2.24) is 0 Å². The average Bonchev–Trinajstić information content (AvgIpc) is 3.29. The van der Waals surface area contributed by atoms with Crippen LogP contribution in [-0.2, 0) is 28.6 Å². The Balaban J connectivity index is 4.27. The van der Waals surface area contributed by atoms with E-state index in [4.69, 9.17) is 14.2 Å². The zero-order valence-electron chi connectivity index (χ0n) is 43.1. The molecule has 0 saturated carbocycles. The average molecular weight is 901 g/mol. The molecule has 0 spiro atoms. The summed E-state index contributed by atoms with van der Waals surface area (Å²) in [5.41, 5.74) is 0. The van der Waals surface area contributed by atoms with Crippen LogP contribution in [0.5, 0.6) is 0 Å². The minimum atomic E-state index is -0.766. The van der Waals surface area contributed by atoms with E-state index < -0.39 is 6.10 Å². The number of rotatable bonds is 52. The molecule has 0 N–H and O–H groups in total. The fourth-order valence-corrected chi connectivity index (χ4v) is 8.42. The van der Waals surface area contributed by atoms with Crippen molar-refractivity contribution in [3.05, 3.63) is 24.3 Å². The number of esters is 3. The van der Waals surface area contributed by atoms with Gasteiger partial charge in [-0.2, -0.15) is 0 Å². The van der Waals surface area contributed by atoms with Crippen molar-refractivity contribution < 1.29 is 28.6 Å². The van der Waals surface area contributed by atoms with Crippen LogP contribution < -0.4 is 0 Å². The van der Waals surface area contributed by atoms with Crippen LogP contribution in [0.25, 0.3) is 0 Å². The van der Waals surface area contributed by atoms with Gasteiger partial charge in [-0.3, -0.25) is 14.4 Å². The Hall–Kier alpha value is -2.11. The molecule has 376 valence electrons. The van der Waals surface area contributed by atoms with E-state index in [1.165, 1.54) is 205 Å². The van der Waals surface area contributed by atoms with Crippen LogP contribution in [0, 0.1) is 0 Å². The topological polar surface area (TPSA) is 78.9 Å². The van der Waals surface area contributed by atoms with Gasteiger partial charge in [-0.15, -0.1) is 0 Å². The number of ether oxygens (including phenoxy) is 3. The van der Waals surface area contributed by atoms with Crippen molar-refractivity contribution in [2.24, 2.45) is 0 Å². The SMILES string of the molecule is CCCCCCC/C=C\C/C=C\CCCCCCCCCCCC(=O)OCC(COC(=O)CCCCCCCCCCCCCC)OC(=O)CCCCCCCCCCCCCCC. The molecule has 0 aromatic rings. The summed E-state index contributed by atoms with van der Waals surface area (Å²) in [6.45, 7) is 6.66. The highest BCUT2D eigenvalue weighted by molar-refractivity contribution is 5.71. The Morgan fingerprint density at radius 1 is 0.312 bits per heavy atom. The molecular formula is C58H108O6.